The lowest BCUT2D eigenvalue weighted by Gasteiger charge is -2.39. The van der Waals surface area contributed by atoms with E-state index in [9.17, 15) is 5.11 Å². The van der Waals surface area contributed by atoms with Crippen LogP contribution in [0.3, 0.4) is 0 Å². The summed E-state index contributed by atoms with van der Waals surface area (Å²) in [7, 11) is 3.30. The summed E-state index contributed by atoms with van der Waals surface area (Å²) in [4.78, 5) is 0. The maximum Gasteiger partial charge on any atom is 0.176 e. The van der Waals surface area contributed by atoms with Crippen molar-refractivity contribution in [3.63, 3.8) is 0 Å². The molecule has 134 valence electrons. The third kappa shape index (κ3) is 3.88. The Morgan fingerprint density at radius 3 is 2.67 bits per heavy atom. The average molecular weight is 338 g/mol. The smallest absolute Gasteiger partial charge is 0.176 e. The highest BCUT2D eigenvalue weighted by Gasteiger charge is 2.49. The molecule has 0 aliphatic carbocycles. The van der Waals surface area contributed by atoms with Gasteiger partial charge in [-0.2, -0.15) is 0 Å². The molecular formula is C17H26N2O5. The molecule has 7 heteroatoms. The largest absolute Gasteiger partial charge is 0.497 e. The summed E-state index contributed by atoms with van der Waals surface area (Å²) in [5.74, 6) is 0.828. The summed E-state index contributed by atoms with van der Waals surface area (Å²) in [5, 5.41) is 17.4. The van der Waals surface area contributed by atoms with Crippen molar-refractivity contribution in [3.05, 3.63) is 29.8 Å². The third-order valence-corrected chi connectivity index (χ3v) is 4.55. The Labute approximate surface area is 142 Å². The molecule has 2 aliphatic heterocycles. The van der Waals surface area contributed by atoms with Crippen LogP contribution in [0.5, 0.6) is 5.75 Å². The van der Waals surface area contributed by atoms with Crippen molar-refractivity contribution < 1.29 is 24.1 Å². The molecule has 2 aliphatic rings. The SMILES string of the molecule is COCCN[C@H]1[C@@H]2OC[C@@H](O2)[C@@H](NCc2ccc(OC)cc2)[C@@H]1O. The lowest BCUT2D eigenvalue weighted by molar-refractivity contribution is -0.153. The van der Waals surface area contributed by atoms with E-state index in [-0.39, 0.29) is 18.2 Å². The van der Waals surface area contributed by atoms with Crippen molar-refractivity contribution in [1.82, 2.24) is 10.6 Å². The molecular weight excluding hydrogens is 312 g/mol. The first kappa shape index (κ1) is 17.6. The molecule has 2 fully saturated rings. The van der Waals surface area contributed by atoms with Crippen LogP contribution < -0.4 is 15.4 Å². The maximum atomic E-state index is 10.7. The van der Waals surface area contributed by atoms with Gasteiger partial charge in [-0.1, -0.05) is 12.1 Å². The summed E-state index contributed by atoms with van der Waals surface area (Å²) in [5.41, 5.74) is 1.12. The van der Waals surface area contributed by atoms with E-state index in [1.165, 1.54) is 0 Å². The van der Waals surface area contributed by atoms with Crippen LogP contribution in [0.15, 0.2) is 24.3 Å². The third-order valence-electron chi connectivity index (χ3n) is 4.55. The zero-order valence-corrected chi connectivity index (χ0v) is 14.1. The Bertz CT molecular complexity index is 512. The number of aliphatic hydroxyl groups is 1. The van der Waals surface area contributed by atoms with Crippen LogP contribution in [-0.4, -0.2) is 69.7 Å². The van der Waals surface area contributed by atoms with Crippen LogP contribution >= 0.6 is 0 Å². The molecule has 0 radical (unpaired) electrons. The molecule has 24 heavy (non-hydrogen) atoms. The number of benzene rings is 1. The second-order valence-corrected chi connectivity index (χ2v) is 6.09. The van der Waals surface area contributed by atoms with Crippen LogP contribution in [0.1, 0.15) is 5.56 Å². The minimum atomic E-state index is -0.591. The first-order valence-electron chi connectivity index (χ1n) is 8.26. The summed E-state index contributed by atoms with van der Waals surface area (Å²) in [6, 6.07) is 7.40. The topological polar surface area (TPSA) is 81.2 Å². The maximum absolute atomic E-state index is 10.7. The molecule has 0 amide bonds. The summed E-state index contributed by atoms with van der Waals surface area (Å²) in [6.45, 7) is 2.34. The highest BCUT2D eigenvalue weighted by Crippen LogP contribution is 2.28. The molecule has 0 spiro atoms. The molecule has 3 rings (SSSR count). The van der Waals surface area contributed by atoms with Gasteiger partial charge in [-0.05, 0) is 17.7 Å². The Kier molecular flexibility index (Phi) is 6.04. The van der Waals surface area contributed by atoms with Gasteiger partial charge < -0.3 is 34.7 Å². The number of nitrogens with one attached hydrogen (secondary N) is 2. The fourth-order valence-corrected chi connectivity index (χ4v) is 3.20. The normalized spacial score (nSPS) is 32.0. The minimum Gasteiger partial charge on any atom is -0.497 e. The summed E-state index contributed by atoms with van der Waals surface area (Å²) < 4.78 is 21.8. The quantitative estimate of drug-likeness (QED) is 0.570. The molecule has 2 bridgehead atoms. The molecule has 1 aromatic rings. The summed E-state index contributed by atoms with van der Waals surface area (Å²) in [6.07, 6.45) is -1.13. The lowest BCUT2D eigenvalue weighted by atomic mass is 9.95. The first-order valence-corrected chi connectivity index (χ1v) is 8.26. The van der Waals surface area contributed by atoms with Gasteiger partial charge in [0.1, 0.15) is 11.9 Å². The minimum absolute atomic E-state index is 0.135. The molecule has 3 N–H and O–H groups in total. The number of hydrogen-bond acceptors (Lipinski definition) is 7. The van der Waals surface area contributed by atoms with Gasteiger partial charge in [-0.25, -0.2) is 0 Å². The molecule has 2 heterocycles. The van der Waals surface area contributed by atoms with E-state index in [1.807, 2.05) is 24.3 Å². The van der Waals surface area contributed by atoms with Crippen molar-refractivity contribution in [2.75, 3.05) is 34.0 Å². The molecule has 5 atom stereocenters. The second kappa shape index (κ2) is 8.24. The Balaban J connectivity index is 1.58. The van der Waals surface area contributed by atoms with E-state index in [4.69, 9.17) is 18.9 Å². The van der Waals surface area contributed by atoms with E-state index < -0.39 is 12.4 Å². The first-order chi connectivity index (χ1) is 11.7. The Morgan fingerprint density at radius 2 is 1.96 bits per heavy atom. The van der Waals surface area contributed by atoms with E-state index in [2.05, 4.69) is 10.6 Å². The van der Waals surface area contributed by atoms with Crippen molar-refractivity contribution in [2.24, 2.45) is 0 Å². The van der Waals surface area contributed by atoms with Crippen molar-refractivity contribution >= 4 is 0 Å². The van der Waals surface area contributed by atoms with E-state index in [0.29, 0.717) is 26.3 Å². The van der Waals surface area contributed by atoms with Crippen molar-refractivity contribution in [2.45, 2.75) is 37.1 Å². The van der Waals surface area contributed by atoms with Crippen LogP contribution in [0, 0.1) is 0 Å². The molecule has 7 nitrogen and oxygen atoms in total. The fourth-order valence-electron chi connectivity index (χ4n) is 3.20. The highest BCUT2D eigenvalue weighted by molar-refractivity contribution is 5.27. The Hall–Kier alpha value is -1.22. The molecule has 0 aromatic heterocycles. The standard InChI is InChI=1S/C17H26N2O5/c1-21-8-7-18-15-16(20)14(13-10-23-17(15)24-13)19-9-11-3-5-12(22-2)6-4-11/h3-6,13-20H,7-10H2,1-2H3/t13-,14-,15-,16+,17-/m1/s1. The van der Waals surface area contributed by atoms with Gasteiger partial charge in [-0.3, -0.25) is 0 Å². The number of aliphatic hydroxyl groups excluding tert-OH is 1. The van der Waals surface area contributed by atoms with Crippen LogP contribution in [0.4, 0.5) is 0 Å². The van der Waals surface area contributed by atoms with Gasteiger partial charge in [0.05, 0.1) is 38.5 Å². The number of hydrogen-bond donors (Lipinski definition) is 3. The molecule has 1 aromatic carbocycles. The number of methoxy groups -OCH3 is 2. The van der Waals surface area contributed by atoms with Crippen molar-refractivity contribution in [1.29, 1.82) is 0 Å². The van der Waals surface area contributed by atoms with Gasteiger partial charge in [0.25, 0.3) is 0 Å². The average Bonchev–Trinajstić information content (AvgIpc) is 3.04. The molecule has 2 saturated heterocycles. The second-order valence-electron chi connectivity index (χ2n) is 6.09. The highest BCUT2D eigenvalue weighted by atomic mass is 16.7. The number of fused-ring (bicyclic) bond motifs is 2. The molecule has 0 saturated carbocycles. The molecule has 0 unspecified atom stereocenters. The monoisotopic (exact) mass is 338 g/mol. The van der Waals surface area contributed by atoms with Crippen molar-refractivity contribution in [3.8, 4) is 5.75 Å². The predicted molar refractivity (Wildman–Crippen MR) is 87.9 cm³/mol. The van der Waals surface area contributed by atoms with Gasteiger partial charge in [-0.15, -0.1) is 0 Å². The number of ether oxygens (including phenoxy) is 4. The van der Waals surface area contributed by atoms with Gasteiger partial charge in [0.15, 0.2) is 6.29 Å². The van der Waals surface area contributed by atoms with Crippen LogP contribution in [0.25, 0.3) is 0 Å². The Morgan fingerprint density at radius 1 is 1.17 bits per heavy atom. The van der Waals surface area contributed by atoms with Crippen LogP contribution in [-0.2, 0) is 20.8 Å². The van der Waals surface area contributed by atoms with E-state index >= 15 is 0 Å². The number of rotatable bonds is 8. The van der Waals surface area contributed by atoms with E-state index in [1.54, 1.807) is 14.2 Å². The zero-order valence-electron chi connectivity index (χ0n) is 14.1. The summed E-state index contributed by atoms with van der Waals surface area (Å²) >= 11 is 0. The zero-order chi connectivity index (χ0) is 16.9. The lowest BCUT2D eigenvalue weighted by Crippen LogP contribution is -2.63. The predicted octanol–water partition coefficient (Wildman–Crippen LogP) is -0.126. The van der Waals surface area contributed by atoms with Gasteiger partial charge in [0.2, 0.25) is 0 Å². The fraction of sp³-hybridized carbons (Fsp3) is 0.647. The van der Waals surface area contributed by atoms with E-state index in [0.717, 1.165) is 11.3 Å². The van der Waals surface area contributed by atoms with Gasteiger partial charge in [0, 0.05) is 20.2 Å². The van der Waals surface area contributed by atoms with Crippen LogP contribution in [0.2, 0.25) is 0 Å². The van der Waals surface area contributed by atoms with Gasteiger partial charge >= 0.3 is 0 Å².